The molecule has 0 unspecified atom stereocenters. The Morgan fingerprint density at radius 1 is 0.722 bits per heavy atom. The van der Waals surface area contributed by atoms with Gasteiger partial charge in [-0.25, -0.2) is 0 Å². The predicted molar refractivity (Wildman–Crippen MR) is 72.0 cm³/mol. The number of hydrogen-bond donors (Lipinski definition) is 0. The van der Waals surface area contributed by atoms with Gasteiger partial charge in [-0.15, -0.1) is 0 Å². The molecule has 0 aliphatic rings. The topological polar surface area (TPSA) is 18.5 Å². The van der Waals surface area contributed by atoms with Crippen molar-refractivity contribution in [2.75, 3.05) is 14.2 Å². The molecule has 0 radical (unpaired) electrons. The molecule has 0 saturated carbocycles. The number of benzene rings is 2. The Morgan fingerprint density at radius 3 is 1.83 bits per heavy atom. The monoisotopic (exact) mass is 238 g/mol. The second-order valence-corrected chi connectivity index (χ2v) is 3.72. The van der Waals surface area contributed by atoms with E-state index >= 15 is 0 Å². The molecule has 0 spiro atoms. The summed E-state index contributed by atoms with van der Waals surface area (Å²) in [6, 6.07) is 15.5. The smallest absolute Gasteiger partial charge is 0.123 e. The van der Waals surface area contributed by atoms with Crippen molar-refractivity contribution in [2.24, 2.45) is 0 Å². The zero-order valence-corrected chi connectivity index (χ0v) is 10.4. The quantitative estimate of drug-likeness (QED) is 0.748. The molecule has 0 heterocycles. The molecule has 0 amide bonds. The van der Waals surface area contributed by atoms with Crippen LogP contribution in [0.4, 0.5) is 0 Å². The van der Waals surface area contributed by atoms with Crippen molar-refractivity contribution in [3.63, 3.8) is 0 Å². The minimum atomic E-state index is 0.742. The van der Waals surface area contributed by atoms with Crippen LogP contribution >= 0.6 is 0 Å². The van der Waals surface area contributed by atoms with Crippen molar-refractivity contribution in [3.8, 4) is 23.3 Å². The molecule has 0 aliphatic heterocycles. The van der Waals surface area contributed by atoms with E-state index in [1.165, 1.54) is 0 Å². The maximum atomic E-state index is 5.20. The Kier molecular flexibility index (Phi) is 3.88. The van der Waals surface area contributed by atoms with Gasteiger partial charge in [0.25, 0.3) is 0 Å². The molecule has 0 bridgehead atoms. The van der Waals surface area contributed by atoms with E-state index in [0.29, 0.717) is 0 Å². The minimum absolute atomic E-state index is 0.742. The number of methoxy groups -OCH3 is 2. The lowest BCUT2D eigenvalue weighted by Gasteiger charge is -2.04. The minimum Gasteiger partial charge on any atom is -0.497 e. The fraction of sp³-hybridized carbons (Fsp3) is 0.125. The lowest BCUT2D eigenvalue weighted by Crippen LogP contribution is -1.88. The van der Waals surface area contributed by atoms with Crippen molar-refractivity contribution in [1.82, 2.24) is 0 Å². The molecule has 2 aromatic rings. The molecule has 0 aliphatic carbocycles. The van der Waals surface area contributed by atoms with Gasteiger partial charge in [-0.2, -0.15) is 0 Å². The van der Waals surface area contributed by atoms with Crippen molar-refractivity contribution in [2.45, 2.75) is 0 Å². The van der Waals surface area contributed by atoms with Crippen LogP contribution in [0.2, 0.25) is 0 Å². The van der Waals surface area contributed by atoms with Crippen LogP contribution in [-0.2, 0) is 0 Å². The van der Waals surface area contributed by atoms with E-state index in [9.17, 15) is 0 Å². The Labute approximate surface area is 107 Å². The standard InChI is InChI=1S/C16H14O2/c1-17-15-10-14(11-16(12-15)18-2)9-8-13-6-4-3-5-7-13/h3-7,10-12H,1-2H3. The van der Waals surface area contributed by atoms with E-state index in [0.717, 1.165) is 22.6 Å². The molecule has 0 N–H and O–H groups in total. The van der Waals surface area contributed by atoms with Gasteiger partial charge < -0.3 is 9.47 Å². The Balaban J connectivity index is 2.32. The highest BCUT2D eigenvalue weighted by Crippen LogP contribution is 2.21. The summed E-state index contributed by atoms with van der Waals surface area (Å²) in [5.74, 6) is 7.69. The van der Waals surface area contributed by atoms with E-state index < -0.39 is 0 Å². The summed E-state index contributed by atoms with van der Waals surface area (Å²) in [5.41, 5.74) is 1.86. The van der Waals surface area contributed by atoms with Gasteiger partial charge in [0, 0.05) is 17.2 Å². The molecule has 0 aromatic heterocycles. The Bertz CT molecular complexity index is 555. The summed E-state index contributed by atoms with van der Waals surface area (Å²) in [6.07, 6.45) is 0. The highest BCUT2D eigenvalue weighted by molar-refractivity contribution is 5.49. The van der Waals surface area contributed by atoms with Crippen molar-refractivity contribution in [1.29, 1.82) is 0 Å². The summed E-state index contributed by atoms with van der Waals surface area (Å²) >= 11 is 0. The normalized spacial score (nSPS) is 9.22. The van der Waals surface area contributed by atoms with Crippen LogP contribution in [0.5, 0.6) is 11.5 Å². The number of ether oxygens (including phenoxy) is 2. The molecule has 2 heteroatoms. The first-order valence-corrected chi connectivity index (χ1v) is 5.62. The van der Waals surface area contributed by atoms with E-state index in [2.05, 4.69) is 11.8 Å². The first-order valence-electron chi connectivity index (χ1n) is 5.62. The first kappa shape index (κ1) is 12.1. The fourth-order valence-corrected chi connectivity index (χ4v) is 1.55. The highest BCUT2D eigenvalue weighted by Gasteiger charge is 1.99. The Hall–Kier alpha value is -2.40. The van der Waals surface area contributed by atoms with Crippen LogP contribution in [0, 0.1) is 11.8 Å². The van der Waals surface area contributed by atoms with Gasteiger partial charge in [0.1, 0.15) is 11.5 Å². The van der Waals surface area contributed by atoms with E-state index in [4.69, 9.17) is 9.47 Å². The largest absolute Gasteiger partial charge is 0.497 e. The Morgan fingerprint density at radius 2 is 1.28 bits per heavy atom. The van der Waals surface area contributed by atoms with E-state index in [-0.39, 0.29) is 0 Å². The van der Waals surface area contributed by atoms with Gasteiger partial charge in [-0.3, -0.25) is 0 Å². The molecule has 2 rings (SSSR count). The summed E-state index contributed by atoms with van der Waals surface area (Å²) in [4.78, 5) is 0. The molecule has 2 aromatic carbocycles. The van der Waals surface area contributed by atoms with Crippen LogP contribution < -0.4 is 9.47 Å². The lowest BCUT2D eigenvalue weighted by atomic mass is 10.1. The third kappa shape index (κ3) is 3.05. The molecule has 0 fully saturated rings. The maximum absolute atomic E-state index is 5.20. The van der Waals surface area contributed by atoms with Crippen molar-refractivity contribution >= 4 is 0 Å². The maximum Gasteiger partial charge on any atom is 0.123 e. The van der Waals surface area contributed by atoms with Crippen LogP contribution in [0.1, 0.15) is 11.1 Å². The second-order valence-electron chi connectivity index (χ2n) is 3.72. The lowest BCUT2D eigenvalue weighted by molar-refractivity contribution is 0.394. The van der Waals surface area contributed by atoms with Crippen molar-refractivity contribution < 1.29 is 9.47 Å². The summed E-state index contributed by atoms with van der Waals surface area (Å²) < 4.78 is 10.4. The van der Waals surface area contributed by atoms with Gasteiger partial charge in [0.2, 0.25) is 0 Å². The van der Waals surface area contributed by atoms with E-state index in [1.807, 2.05) is 48.5 Å². The molecular weight excluding hydrogens is 224 g/mol. The van der Waals surface area contributed by atoms with Crippen molar-refractivity contribution in [3.05, 3.63) is 59.7 Å². The van der Waals surface area contributed by atoms with Gasteiger partial charge in [0.15, 0.2) is 0 Å². The molecule has 0 saturated heterocycles. The number of rotatable bonds is 2. The molecule has 18 heavy (non-hydrogen) atoms. The SMILES string of the molecule is COc1cc(C#Cc2ccccc2)cc(OC)c1. The van der Waals surface area contributed by atoms with Crippen LogP contribution in [-0.4, -0.2) is 14.2 Å². The fourth-order valence-electron chi connectivity index (χ4n) is 1.55. The van der Waals surface area contributed by atoms with Gasteiger partial charge in [-0.05, 0) is 24.3 Å². The van der Waals surface area contributed by atoms with Gasteiger partial charge in [-0.1, -0.05) is 30.0 Å². The number of hydrogen-bond acceptors (Lipinski definition) is 2. The molecule has 2 nitrogen and oxygen atoms in total. The molecule has 90 valence electrons. The summed E-state index contributed by atoms with van der Waals surface area (Å²) in [7, 11) is 3.26. The first-order chi connectivity index (χ1) is 8.81. The average molecular weight is 238 g/mol. The van der Waals surface area contributed by atoms with Crippen LogP contribution in [0.3, 0.4) is 0 Å². The highest BCUT2D eigenvalue weighted by atomic mass is 16.5. The third-order valence-electron chi connectivity index (χ3n) is 2.48. The predicted octanol–water partition coefficient (Wildman–Crippen LogP) is 3.10. The van der Waals surface area contributed by atoms with Gasteiger partial charge >= 0.3 is 0 Å². The molecular formula is C16H14O2. The summed E-state index contributed by atoms with van der Waals surface area (Å²) in [5, 5.41) is 0. The third-order valence-corrected chi connectivity index (χ3v) is 2.48. The van der Waals surface area contributed by atoms with Crippen LogP contribution in [0.15, 0.2) is 48.5 Å². The summed E-state index contributed by atoms with van der Waals surface area (Å²) in [6.45, 7) is 0. The zero-order valence-electron chi connectivity index (χ0n) is 10.4. The van der Waals surface area contributed by atoms with E-state index in [1.54, 1.807) is 14.2 Å². The zero-order chi connectivity index (χ0) is 12.8. The second kappa shape index (κ2) is 5.79. The molecule has 0 atom stereocenters. The van der Waals surface area contributed by atoms with Crippen LogP contribution in [0.25, 0.3) is 0 Å². The van der Waals surface area contributed by atoms with Gasteiger partial charge in [0.05, 0.1) is 14.2 Å². The average Bonchev–Trinajstić information content (AvgIpc) is 2.45.